The zero-order valence-electron chi connectivity index (χ0n) is 11.5. The van der Waals surface area contributed by atoms with Crippen LogP contribution in [0, 0.1) is 0 Å². The summed E-state index contributed by atoms with van der Waals surface area (Å²) in [4.78, 5) is 13.5. The topological polar surface area (TPSA) is 29.5 Å². The van der Waals surface area contributed by atoms with Crippen LogP contribution in [0.4, 0.5) is 5.69 Å². The maximum atomic E-state index is 11.3. The second-order valence-corrected chi connectivity index (χ2v) is 5.95. The van der Waals surface area contributed by atoms with Crippen molar-refractivity contribution in [2.45, 2.75) is 32.3 Å². The molecule has 1 unspecified atom stereocenters. The summed E-state index contributed by atoms with van der Waals surface area (Å²) in [5.74, 6) is 0.0884. The van der Waals surface area contributed by atoms with E-state index in [-0.39, 0.29) is 5.78 Å². The molecule has 0 spiro atoms. The summed E-state index contributed by atoms with van der Waals surface area (Å²) in [6.45, 7) is 3.35. The lowest BCUT2D eigenvalue weighted by Gasteiger charge is -2.29. The minimum atomic E-state index is 0.0884. The van der Waals surface area contributed by atoms with Gasteiger partial charge in [0.25, 0.3) is 0 Å². The number of halogens is 1. The molecule has 1 aliphatic heterocycles. The first-order chi connectivity index (χ1) is 9.08. The summed E-state index contributed by atoms with van der Waals surface area (Å²) in [5, 5.41) is 0. The molecule has 1 atom stereocenters. The molecule has 1 aromatic carbocycles. The lowest BCUT2D eigenvalue weighted by atomic mass is 10.1. The maximum absolute atomic E-state index is 11.3. The maximum Gasteiger partial charge on any atom is 0.159 e. The van der Waals surface area contributed by atoms with E-state index in [4.69, 9.17) is 4.74 Å². The minimum Gasteiger partial charge on any atom is -0.376 e. The van der Waals surface area contributed by atoms with Crippen LogP contribution in [-0.2, 0) is 4.74 Å². The molecule has 1 aromatic rings. The number of rotatable bonds is 4. The van der Waals surface area contributed by atoms with Crippen LogP contribution < -0.4 is 4.90 Å². The predicted octanol–water partition coefficient (Wildman–Crippen LogP) is 3.66. The Hall–Kier alpha value is -0.870. The Balaban J connectivity index is 2.05. The third-order valence-corrected chi connectivity index (χ3v) is 4.15. The van der Waals surface area contributed by atoms with Gasteiger partial charge in [0.15, 0.2) is 5.78 Å². The zero-order valence-corrected chi connectivity index (χ0v) is 13.1. The first-order valence-corrected chi connectivity index (χ1v) is 7.50. The molecule has 0 N–H and O–H groups in total. The average Bonchev–Trinajstić information content (AvgIpc) is 2.39. The first-order valence-electron chi connectivity index (χ1n) is 6.71. The Morgan fingerprint density at radius 1 is 1.47 bits per heavy atom. The van der Waals surface area contributed by atoms with E-state index in [0.29, 0.717) is 6.10 Å². The van der Waals surface area contributed by atoms with E-state index in [2.05, 4.69) is 27.9 Å². The largest absolute Gasteiger partial charge is 0.376 e. The summed E-state index contributed by atoms with van der Waals surface area (Å²) < 4.78 is 6.72. The number of nitrogens with zero attached hydrogens (tertiary/aromatic N) is 1. The molecule has 0 bridgehead atoms. The fraction of sp³-hybridized carbons (Fsp3) is 0.533. The summed E-state index contributed by atoms with van der Waals surface area (Å²) >= 11 is 3.55. The number of anilines is 1. The Kier molecular flexibility index (Phi) is 4.99. The highest BCUT2D eigenvalue weighted by molar-refractivity contribution is 9.10. The van der Waals surface area contributed by atoms with Gasteiger partial charge >= 0.3 is 0 Å². The molecule has 19 heavy (non-hydrogen) atoms. The van der Waals surface area contributed by atoms with Gasteiger partial charge < -0.3 is 9.64 Å². The molecule has 1 saturated heterocycles. The number of hydrogen-bond acceptors (Lipinski definition) is 3. The van der Waals surface area contributed by atoms with E-state index in [1.165, 1.54) is 12.8 Å². The van der Waals surface area contributed by atoms with Crippen molar-refractivity contribution in [1.29, 1.82) is 0 Å². The average molecular weight is 326 g/mol. The summed E-state index contributed by atoms with van der Waals surface area (Å²) in [6.07, 6.45) is 3.88. The van der Waals surface area contributed by atoms with Crippen molar-refractivity contribution in [3.05, 3.63) is 28.2 Å². The van der Waals surface area contributed by atoms with E-state index in [0.717, 1.165) is 35.3 Å². The van der Waals surface area contributed by atoms with Crippen molar-refractivity contribution in [1.82, 2.24) is 0 Å². The molecule has 2 rings (SSSR count). The van der Waals surface area contributed by atoms with Crippen molar-refractivity contribution in [2.75, 3.05) is 25.1 Å². The molecule has 1 fully saturated rings. The van der Waals surface area contributed by atoms with E-state index in [1.807, 2.05) is 18.2 Å². The summed E-state index contributed by atoms with van der Waals surface area (Å²) in [7, 11) is 2.06. The highest BCUT2D eigenvalue weighted by Crippen LogP contribution is 2.28. The lowest BCUT2D eigenvalue weighted by molar-refractivity contribution is 0.0216. The number of carbonyl (C=O) groups excluding carboxylic acids is 1. The quantitative estimate of drug-likeness (QED) is 0.791. The van der Waals surface area contributed by atoms with Crippen molar-refractivity contribution < 1.29 is 9.53 Å². The number of ether oxygens (including phenoxy) is 1. The van der Waals surface area contributed by atoms with Gasteiger partial charge in [-0.3, -0.25) is 4.79 Å². The second kappa shape index (κ2) is 6.53. The Labute approximate surface area is 123 Å². The number of hydrogen-bond donors (Lipinski definition) is 0. The normalized spacial score (nSPS) is 19.2. The van der Waals surface area contributed by atoms with Gasteiger partial charge in [0.2, 0.25) is 0 Å². The van der Waals surface area contributed by atoms with Gasteiger partial charge in [-0.15, -0.1) is 0 Å². The third kappa shape index (κ3) is 3.80. The van der Waals surface area contributed by atoms with Crippen LogP contribution in [0.15, 0.2) is 22.7 Å². The minimum absolute atomic E-state index is 0.0884. The van der Waals surface area contributed by atoms with Crippen LogP contribution >= 0.6 is 15.9 Å². The second-order valence-electron chi connectivity index (χ2n) is 5.09. The van der Waals surface area contributed by atoms with E-state index >= 15 is 0 Å². The fourth-order valence-electron chi connectivity index (χ4n) is 2.39. The molecule has 0 aromatic heterocycles. The summed E-state index contributed by atoms with van der Waals surface area (Å²) in [6, 6.07) is 5.75. The van der Waals surface area contributed by atoms with Crippen molar-refractivity contribution in [3.63, 3.8) is 0 Å². The standard InChI is InChI=1S/C15H20BrNO2/c1-11(18)12-6-7-15(14(16)9-12)17(2)10-13-5-3-4-8-19-13/h6-7,9,13H,3-5,8,10H2,1-2H3. The predicted molar refractivity (Wildman–Crippen MR) is 81.0 cm³/mol. The lowest BCUT2D eigenvalue weighted by Crippen LogP contribution is -2.33. The molecule has 104 valence electrons. The van der Waals surface area contributed by atoms with Gasteiger partial charge in [-0.2, -0.15) is 0 Å². The number of ketones is 1. The highest BCUT2D eigenvalue weighted by atomic mass is 79.9. The third-order valence-electron chi connectivity index (χ3n) is 3.52. The molecule has 1 aliphatic rings. The fourth-order valence-corrected chi connectivity index (χ4v) is 3.07. The molecule has 0 radical (unpaired) electrons. The van der Waals surface area contributed by atoms with Gasteiger partial charge in [-0.05, 0) is 60.3 Å². The Morgan fingerprint density at radius 2 is 2.26 bits per heavy atom. The molecular weight excluding hydrogens is 306 g/mol. The van der Waals surface area contributed by atoms with Crippen LogP contribution in [0.1, 0.15) is 36.5 Å². The molecule has 0 aliphatic carbocycles. The number of Topliss-reactive ketones (excluding diaryl/α,β-unsaturated/α-hetero) is 1. The summed E-state index contributed by atoms with van der Waals surface area (Å²) in [5.41, 5.74) is 1.83. The number of benzene rings is 1. The molecule has 0 amide bonds. The van der Waals surface area contributed by atoms with Crippen LogP contribution in [0.25, 0.3) is 0 Å². The SMILES string of the molecule is CC(=O)c1ccc(N(C)CC2CCCCO2)c(Br)c1. The monoisotopic (exact) mass is 325 g/mol. The van der Waals surface area contributed by atoms with Crippen LogP contribution in [0.5, 0.6) is 0 Å². The van der Waals surface area contributed by atoms with Gasteiger partial charge in [0, 0.05) is 30.2 Å². The number of likely N-dealkylation sites (N-methyl/N-ethyl adjacent to an activating group) is 1. The first kappa shape index (κ1) is 14.5. The molecule has 4 heteroatoms. The van der Waals surface area contributed by atoms with E-state index < -0.39 is 0 Å². The van der Waals surface area contributed by atoms with Gasteiger partial charge in [-0.25, -0.2) is 0 Å². The van der Waals surface area contributed by atoms with Crippen LogP contribution in [0.2, 0.25) is 0 Å². The van der Waals surface area contributed by atoms with Crippen molar-refractivity contribution in [2.24, 2.45) is 0 Å². The Bertz CT molecular complexity index is 455. The zero-order chi connectivity index (χ0) is 13.8. The molecular formula is C15H20BrNO2. The van der Waals surface area contributed by atoms with Crippen molar-refractivity contribution >= 4 is 27.4 Å². The number of carbonyl (C=O) groups is 1. The van der Waals surface area contributed by atoms with E-state index in [1.54, 1.807) is 6.92 Å². The van der Waals surface area contributed by atoms with Crippen LogP contribution in [0.3, 0.4) is 0 Å². The van der Waals surface area contributed by atoms with Gasteiger partial charge in [-0.1, -0.05) is 0 Å². The van der Waals surface area contributed by atoms with Crippen molar-refractivity contribution in [3.8, 4) is 0 Å². The molecule has 3 nitrogen and oxygen atoms in total. The Morgan fingerprint density at radius 3 is 2.84 bits per heavy atom. The van der Waals surface area contributed by atoms with Crippen LogP contribution in [-0.4, -0.2) is 32.1 Å². The van der Waals surface area contributed by atoms with E-state index in [9.17, 15) is 4.79 Å². The smallest absolute Gasteiger partial charge is 0.159 e. The molecule has 1 heterocycles. The highest BCUT2D eigenvalue weighted by Gasteiger charge is 2.17. The van der Waals surface area contributed by atoms with Gasteiger partial charge in [0.1, 0.15) is 0 Å². The van der Waals surface area contributed by atoms with Gasteiger partial charge in [0.05, 0.1) is 11.8 Å². The molecule has 0 saturated carbocycles.